The summed E-state index contributed by atoms with van der Waals surface area (Å²) in [7, 11) is 1.61. The third-order valence-electron chi connectivity index (χ3n) is 5.51. The molecule has 0 bridgehead atoms. The molecule has 0 saturated carbocycles. The molecule has 0 atom stereocenters. The highest BCUT2D eigenvalue weighted by Gasteiger charge is 2.32. The van der Waals surface area contributed by atoms with Gasteiger partial charge in [0.25, 0.3) is 5.91 Å². The lowest BCUT2D eigenvalue weighted by Crippen LogP contribution is -2.32. The summed E-state index contributed by atoms with van der Waals surface area (Å²) in [4.78, 5) is 23.7. The minimum atomic E-state index is -0.310. The molecule has 1 saturated heterocycles. The summed E-state index contributed by atoms with van der Waals surface area (Å²) in [6.45, 7) is 8.94. The number of aryl methyl sites for hydroxylation is 1. The number of aliphatic imine (C=N–C) groups is 1. The van der Waals surface area contributed by atoms with E-state index >= 15 is 0 Å². The summed E-state index contributed by atoms with van der Waals surface area (Å²) in [6, 6.07) is 11.9. The average molecular weight is 492 g/mol. The standard InChI is InChI=1S/C26H28FN5O2.C2H6/c1-4-5-12-28-26-30-22(25(33)32(26)16-19-6-9-21(27)10-7-19)13-20-8-11-23(24(14-20)34-3)31-15-18(2)29-17-31;1-2/h6-11,13-15,17H,4-5,12,16H2,1-3H3,(H,28,30);1-2H3/b22-13-;. The number of carbonyl (C=O) groups excluding carboxylic acids is 1. The maximum absolute atomic E-state index is 13.3. The molecule has 2 aromatic carbocycles. The molecule has 3 aromatic rings. The SMILES string of the molecule is CC.CCCCN=C1N/C(=C\c2ccc(-n3cnc(C)c3)c(OC)c2)C(=O)N1Cc1ccc(F)cc1. The number of benzene rings is 2. The largest absolute Gasteiger partial charge is 0.495 e. The Labute approximate surface area is 212 Å². The molecule has 1 fully saturated rings. The van der Waals surface area contributed by atoms with Crippen LogP contribution in [-0.2, 0) is 11.3 Å². The second kappa shape index (κ2) is 12.7. The highest BCUT2D eigenvalue weighted by atomic mass is 19.1. The van der Waals surface area contributed by atoms with Crippen molar-refractivity contribution in [1.29, 1.82) is 0 Å². The van der Waals surface area contributed by atoms with E-state index in [1.807, 2.05) is 49.7 Å². The van der Waals surface area contributed by atoms with Crippen molar-refractivity contribution in [3.63, 3.8) is 0 Å². The first-order valence-electron chi connectivity index (χ1n) is 12.3. The molecular weight excluding hydrogens is 457 g/mol. The number of unbranched alkanes of at least 4 members (excludes halogenated alkanes) is 1. The Morgan fingerprint density at radius 3 is 2.56 bits per heavy atom. The number of hydrogen-bond acceptors (Lipinski definition) is 4. The molecule has 4 rings (SSSR count). The number of nitrogens with zero attached hydrogens (tertiary/aromatic N) is 4. The fourth-order valence-corrected chi connectivity index (χ4v) is 3.68. The van der Waals surface area contributed by atoms with Crippen LogP contribution < -0.4 is 10.1 Å². The predicted octanol–water partition coefficient (Wildman–Crippen LogP) is 5.48. The van der Waals surface area contributed by atoms with Crippen LogP contribution in [-0.4, -0.2) is 40.0 Å². The number of ether oxygens (including phenoxy) is 1. The Balaban J connectivity index is 0.00000176. The van der Waals surface area contributed by atoms with Gasteiger partial charge in [0.1, 0.15) is 17.3 Å². The summed E-state index contributed by atoms with van der Waals surface area (Å²) >= 11 is 0. The van der Waals surface area contributed by atoms with Crippen molar-refractivity contribution in [3.8, 4) is 11.4 Å². The van der Waals surface area contributed by atoms with Gasteiger partial charge in [0.2, 0.25) is 5.96 Å². The fraction of sp³-hybridized carbons (Fsp3) is 0.321. The fourth-order valence-electron chi connectivity index (χ4n) is 3.68. The molecule has 1 amide bonds. The number of aromatic nitrogens is 2. The molecule has 2 heterocycles. The molecule has 1 aromatic heterocycles. The number of guanidine groups is 1. The maximum atomic E-state index is 13.3. The van der Waals surface area contributed by atoms with Gasteiger partial charge in [0.15, 0.2) is 0 Å². The first kappa shape index (κ1) is 26.7. The molecule has 190 valence electrons. The van der Waals surface area contributed by atoms with Gasteiger partial charge in [0.05, 0.1) is 31.4 Å². The molecule has 1 aliphatic rings. The van der Waals surface area contributed by atoms with Gasteiger partial charge >= 0.3 is 0 Å². The van der Waals surface area contributed by atoms with E-state index < -0.39 is 0 Å². The van der Waals surface area contributed by atoms with Crippen LogP contribution in [0.5, 0.6) is 5.75 Å². The van der Waals surface area contributed by atoms with Gasteiger partial charge in [-0.3, -0.25) is 14.7 Å². The molecule has 0 spiro atoms. The summed E-state index contributed by atoms with van der Waals surface area (Å²) < 4.78 is 20.8. The van der Waals surface area contributed by atoms with Gasteiger partial charge in [-0.25, -0.2) is 9.37 Å². The number of halogens is 1. The highest BCUT2D eigenvalue weighted by Crippen LogP contribution is 2.26. The van der Waals surface area contributed by atoms with Crippen LogP contribution in [0.25, 0.3) is 11.8 Å². The van der Waals surface area contributed by atoms with Crippen LogP contribution in [0.3, 0.4) is 0 Å². The lowest BCUT2D eigenvalue weighted by molar-refractivity contribution is -0.122. The van der Waals surface area contributed by atoms with Crippen molar-refractivity contribution in [2.24, 2.45) is 4.99 Å². The highest BCUT2D eigenvalue weighted by molar-refractivity contribution is 6.15. The summed E-state index contributed by atoms with van der Waals surface area (Å²) in [5, 5.41) is 3.17. The molecule has 36 heavy (non-hydrogen) atoms. The van der Waals surface area contributed by atoms with E-state index in [0.29, 0.717) is 30.5 Å². The Kier molecular flexibility index (Phi) is 9.39. The Morgan fingerprint density at radius 1 is 1.17 bits per heavy atom. The van der Waals surface area contributed by atoms with Crippen LogP contribution >= 0.6 is 0 Å². The van der Waals surface area contributed by atoms with Crippen LogP contribution in [0.1, 0.15) is 50.4 Å². The monoisotopic (exact) mass is 491 g/mol. The number of amides is 1. The molecule has 0 unspecified atom stereocenters. The van der Waals surface area contributed by atoms with Gasteiger partial charge in [-0.1, -0.05) is 45.4 Å². The lowest BCUT2D eigenvalue weighted by atomic mass is 10.1. The van der Waals surface area contributed by atoms with Crippen molar-refractivity contribution < 1.29 is 13.9 Å². The van der Waals surface area contributed by atoms with E-state index in [-0.39, 0.29) is 11.7 Å². The number of imidazole rings is 1. The third-order valence-corrected chi connectivity index (χ3v) is 5.51. The number of hydrogen-bond donors (Lipinski definition) is 1. The molecule has 1 N–H and O–H groups in total. The maximum Gasteiger partial charge on any atom is 0.277 e. The second-order valence-corrected chi connectivity index (χ2v) is 8.11. The minimum Gasteiger partial charge on any atom is -0.495 e. The van der Waals surface area contributed by atoms with Crippen molar-refractivity contribution >= 4 is 17.9 Å². The van der Waals surface area contributed by atoms with E-state index in [2.05, 4.69) is 22.2 Å². The van der Waals surface area contributed by atoms with Gasteiger partial charge in [-0.2, -0.15) is 0 Å². The normalized spacial score (nSPS) is 15.2. The lowest BCUT2D eigenvalue weighted by Gasteiger charge is -2.15. The second-order valence-electron chi connectivity index (χ2n) is 8.11. The van der Waals surface area contributed by atoms with E-state index in [1.165, 1.54) is 12.1 Å². The molecule has 1 aliphatic heterocycles. The Bertz CT molecular complexity index is 1230. The number of carbonyl (C=O) groups is 1. The van der Waals surface area contributed by atoms with Gasteiger partial charge < -0.3 is 14.6 Å². The van der Waals surface area contributed by atoms with E-state index in [9.17, 15) is 9.18 Å². The Morgan fingerprint density at radius 2 is 1.92 bits per heavy atom. The zero-order valence-corrected chi connectivity index (χ0v) is 21.6. The summed E-state index contributed by atoms with van der Waals surface area (Å²) in [6.07, 6.45) is 7.38. The molecule has 0 radical (unpaired) electrons. The zero-order valence-electron chi connectivity index (χ0n) is 21.6. The topological polar surface area (TPSA) is 71.7 Å². The van der Waals surface area contributed by atoms with Gasteiger partial charge in [-0.05, 0) is 54.8 Å². The third kappa shape index (κ3) is 6.38. The first-order valence-corrected chi connectivity index (χ1v) is 12.3. The Hall–Kier alpha value is -3.94. The van der Waals surface area contributed by atoms with Crippen LogP contribution in [0, 0.1) is 12.7 Å². The molecular formula is C28H34FN5O2. The predicted molar refractivity (Wildman–Crippen MR) is 141 cm³/mol. The average Bonchev–Trinajstić information content (AvgIpc) is 3.45. The number of nitrogens with one attached hydrogen (secondary N) is 1. The number of rotatable bonds is 8. The van der Waals surface area contributed by atoms with E-state index in [0.717, 1.165) is 35.3 Å². The van der Waals surface area contributed by atoms with Gasteiger partial charge in [-0.15, -0.1) is 0 Å². The van der Waals surface area contributed by atoms with E-state index in [1.54, 1.807) is 36.5 Å². The molecule has 0 aliphatic carbocycles. The summed E-state index contributed by atoms with van der Waals surface area (Å²) in [5.41, 5.74) is 3.82. The van der Waals surface area contributed by atoms with Crippen molar-refractivity contribution in [2.75, 3.05) is 13.7 Å². The zero-order chi connectivity index (χ0) is 26.1. The number of methoxy groups -OCH3 is 1. The first-order chi connectivity index (χ1) is 17.5. The van der Waals surface area contributed by atoms with Crippen molar-refractivity contribution in [1.82, 2.24) is 19.8 Å². The summed E-state index contributed by atoms with van der Waals surface area (Å²) in [5.74, 6) is 0.673. The van der Waals surface area contributed by atoms with Crippen LogP contribution in [0.15, 0.2) is 65.7 Å². The van der Waals surface area contributed by atoms with Crippen LogP contribution in [0.4, 0.5) is 4.39 Å². The van der Waals surface area contributed by atoms with Crippen LogP contribution in [0.2, 0.25) is 0 Å². The molecule has 7 nitrogen and oxygen atoms in total. The van der Waals surface area contributed by atoms with Crippen molar-refractivity contribution in [2.45, 2.75) is 47.1 Å². The smallest absolute Gasteiger partial charge is 0.277 e. The molecule has 8 heteroatoms. The minimum absolute atomic E-state index is 0.187. The van der Waals surface area contributed by atoms with Gasteiger partial charge in [0, 0.05) is 12.7 Å². The van der Waals surface area contributed by atoms with E-state index in [4.69, 9.17) is 4.74 Å². The van der Waals surface area contributed by atoms with Crippen molar-refractivity contribution in [3.05, 3.63) is 83.3 Å². The quantitative estimate of drug-likeness (QED) is 0.334.